The van der Waals surface area contributed by atoms with Crippen LogP contribution in [-0.2, 0) is 54.4 Å². The molecule has 1 aliphatic heterocycles. The number of hydrogen-bond acceptors (Lipinski definition) is 17. The van der Waals surface area contributed by atoms with Crippen LogP contribution in [0.3, 0.4) is 0 Å². The van der Waals surface area contributed by atoms with Crippen molar-refractivity contribution >= 4 is 59.1 Å². The largest absolute Gasteiger partial charge is 0.391 e. The Labute approximate surface area is 456 Å². The Balaban J connectivity index is 2.73. The van der Waals surface area contributed by atoms with Gasteiger partial charge in [-0.05, 0) is 102 Å². The topological polar surface area (TPSA) is 462 Å². The molecule has 0 radical (unpaired) electrons. The molecule has 2 unspecified atom stereocenters. The second kappa shape index (κ2) is 34.5. The summed E-state index contributed by atoms with van der Waals surface area (Å²) in [5.41, 5.74) is 30.3. The van der Waals surface area contributed by atoms with Gasteiger partial charge in [-0.25, -0.2) is 0 Å². The van der Waals surface area contributed by atoms with Gasteiger partial charge in [-0.15, -0.1) is 0 Å². The number of nitrogens with one attached hydrogen (secondary N) is 10. The van der Waals surface area contributed by atoms with Crippen LogP contribution in [-0.4, -0.2) is 175 Å². The standard InChI is InChI=1S/C51H89N15O12/c1-26(2)23-32(56)28(5)42(69)65-41(30(7)68)51(78)62-35(15-20-54)44(71)61-37-17-22-57-50(77)40(29(6)67)66-47(74)36(16-21-55)59-43(70)33(13-18-52)60-48(75)38(24-27(3)4)63-49(76)39(25-31-11-9-8-10-12-31)64-45(72)34(14-19-53)58-46(37)73/h8-12,26-30,32-41,67-68H,13-25,52-56H2,1-7H3,(H,57,77)(H,58,73)(H,59,70)(H,60,75)(H,61,71)(H,62,78)(H,63,76)(H,64,72)(H,65,69)(H,66,74)/t28-,29?,30?,32-,33-,34-,35-,36-,37-,38-,39+,40-,41-/m0/s1. The maximum Gasteiger partial charge on any atom is 0.245 e. The summed E-state index contributed by atoms with van der Waals surface area (Å²) in [5.74, 6) is -9.69. The van der Waals surface area contributed by atoms with Gasteiger partial charge < -0.3 is 92.0 Å². The van der Waals surface area contributed by atoms with Crippen LogP contribution in [0.4, 0.5) is 0 Å². The molecule has 22 N–H and O–H groups in total. The smallest absolute Gasteiger partial charge is 0.245 e. The van der Waals surface area contributed by atoms with Gasteiger partial charge >= 0.3 is 0 Å². The van der Waals surface area contributed by atoms with E-state index in [4.69, 9.17) is 28.7 Å². The summed E-state index contributed by atoms with van der Waals surface area (Å²) >= 11 is 0. The summed E-state index contributed by atoms with van der Waals surface area (Å²) < 4.78 is 0. The highest BCUT2D eigenvalue weighted by Gasteiger charge is 2.37. The van der Waals surface area contributed by atoms with Crippen LogP contribution in [0.5, 0.6) is 0 Å². The highest BCUT2D eigenvalue weighted by Crippen LogP contribution is 2.14. The fourth-order valence-corrected chi connectivity index (χ4v) is 8.41. The molecule has 1 saturated heterocycles. The number of aliphatic hydroxyl groups excluding tert-OH is 2. The highest BCUT2D eigenvalue weighted by atomic mass is 16.3. The van der Waals surface area contributed by atoms with Crippen molar-refractivity contribution in [3.63, 3.8) is 0 Å². The van der Waals surface area contributed by atoms with Gasteiger partial charge in [0.05, 0.1) is 18.1 Å². The third-order valence-corrected chi connectivity index (χ3v) is 12.9. The van der Waals surface area contributed by atoms with Gasteiger partial charge in [0, 0.05) is 19.0 Å². The van der Waals surface area contributed by atoms with Gasteiger partial charge in [0.15, 0.2) is 0 Å². The van der Waals surface area contributed by atoms with Crippen molar-refractivity contribution in [2.24, 2.45) is 46.4 Å². The van der Waals surface area contributed by atoms with E-state index in [2.05, 4.69) is 53.2 Å². The lowest BCUT2D eigenvalue weighted by molar-refractivity contribution is -0.137. The van der Waals surface area contributed by atoms with Crippen LogP contribution in [0.25, 0.3) is 0 Å². The van der Waals surface area contributed by atoms with Crippen LogP contribution in [0, 0.1) is 17.8 Å². The minimum atomic E-state index is -1.67. The Morgan fingerprint density at radius 3 is 1.56 bits per heavy atom. The predicted octanol–water partition coefficient (Wildman–Crippen LogP) is -5.68. The average Bonchev–Trinajstić information content (AvgIpc) is 3.36. The van der Waals surface area contributed by atoms with E-state index in [1.807, 2.05) is 13.8 Å². The van der Waals surface area contributed by atoms with Gasteiger partial charge in [-0.2, -0.15) is 0 Å². The number of nitrogens with two attached hydrogens (primary N) is 5. The molecule has 1 aromatic rings. The Kier molecular flexibility index (Phi) is 30.0. The molecule has 0 saturated carbocycles. The van der Waals surface area contributed by atoms with Crippen LogP contribution in [0.2, 0.25) is 0 Å². The van der Waals surface area contributed by atoms with Crippen LogP contribution in [0.15, 0.2) is 30.3 Å². The zero-order valence-corrected chi connectivity index (χ0v) is 46.1. The molecule has 1 heterocycles. The molecule has 0 spiro atoms. The molecule has 13 atom stereocenters. The number of amides is 10. The second-order valence-electron chi connectivity index (χ2n) is 20.7. The molecule has 0 aliphatic carbocycles. The fraction of sp³-hybridized carbons (Fsp3) is 0.686. The van der Waals surface area contributed by atoms with Gasteiger partial charge in [0.25, 0.3) is 0 Å². The molecule has 2 rings (SSSR count). The highest BCUT2D eigenvalue weighted by molar-refractivity contribution is 5.99. The van der Waals surface area contributed by atoms with E-state index >= 15 is 0 Å². The Morgan fingerprint density at radius 2 is 1.08 bits per heavy atom. The predicted molar refractivity (Wildman–Crippen MR) is 289 cm³/mol. The van der Waals surface area contributed by atoms with E-state index in [0.29, 0.717) is 12.0 Å². The second-order valence-corrected chi connectivity index (χ2v) is 20.7. The Bertz CT molecular complexity index is 2140. The van der Waals surface area contributed by atoms with E-state index in [9.17, 15) is 58.2 Å². The molecule has 1 fully saturated rings. The lowest BCUT2D eigenvalue weighted by Gasteiger charge is -2.29. The molecule has 27 nitrogen and oxygen atoms in total. The first kappa shape index (κ1) is 67.7. The van der Waals surface area contributed by atoms with E-state index < -0.39 is 151 Å². The summed E-state index contributed by atoms with van der Waals surface area (Å²) in [5, 5.41) is 46.9. The quantitative estimate of drug-likeness (QED) is 0.0486. The molecule has 27 heteroatoms. The van der Waals surface area contributed by atoms with E-state index in [0.717, 1.165) is 0 Å². The van der Waals surface area contributed by atoms with Gasteiger partial charge in [-0.3, -0.25) is 47.9 Å². The van der Waals surface area contributed by atoms with Gasteiger partial charge in [-0.1, -0.05) is 65.0 Å². The van der Waals surface area contributed by atoms with Gasteiger partial charge in [0.1, 0.15) is 54.4 Å². The number of hydrogen-bond donors (Lipinski definition) is 17. The van der Waals surface area contributed by atoms with Crippen molar-refractivity contribution in [2.45, 2.75) is 172 Å². The van der Waals surface area contributed by atoms with Crippen molar-refractivity contribution in [1.29, 1.82) is 0 Å². The van der Waals surface area contributed by atoms with Gasteiger partial charge in [0.2, 0.25) is 59.1 Å². The monoisotopic (exact) mass is 1100 g/mol. The maximum absolute atomic E-state index is 14.4. The first-order valence-electron chi connectivity index (χ1n) is 26.8. The summed E-state index contributed by atoms with van der Waals surface area (Å²) in [6, 6.07) is -5.25. The van der Waals surface area contributed by atoms with Crippen molar-refractivity contribution < 1.29 is 58.2 Å². The minimum Gasteiger partial charge on any atom is -0.391 e. The summed E-state index contributed by atoms with van der Waals surface area (Å²) in [4.78, 5) is 140. The zero-order valence-electron chi connectivity index (χ0n) is 46.1. The number of carbonyl (C=O) groups excluding carboxylic acids is 10. The first-order valence-corrected chi connectivity index (χ1v) is 26.8. The van der Waals surface area contributed by atoms with Crippen molar-refractivity contribution in [2.75, 3.05) is 32.7 Å². The third kappa shape index (κ3) is 22.9. The first-order chi connectivity index (χ1) is 36.8. The summed E-state index contributed by atoms with van der Waals surface area (Å²) in [7, 11) is 0. The van der Waals surface area contributed by atoms with Crippen LogP contribution < -0.4 is 81.8 Å². The number of carbonyl (C=O) groups is 10. The molecular weight excluding hydrogens is 1010 g/mol. The number of rotatable bonds is 23. The normalized spacial score (nSPS) is 24.1. The average molecular weight is 1100 g/mol. The molecule has 0 bridgehead atoms. The van der Waals surface area contributed by atoms with E-state index in [1.54, 1.807) is 51.1 Å². The lowest BCUT2D eigenvalue weighted by Crippen LogP contribution is -2.61. The SMILES string of the molecule is CC(C)C[C@@H]1NC(=O)[C@@H](Cc2ccccc2)NC(=O)[C@H](CCN)NC(=O)[C@@H](NC(=O)[C@H](CCN)NC(=O)[C@@H](NC(=O)[C@@H](C)[C@@H](N)CC(C)C)C(C)O)CCNC(=O)[C@H](C(C)O)NC(=O)[C@H](CCN)NC(=O)[C@H](CCN)NC1=O. The third-order valence-electron chi connectivity index (χ3n) is 12.9. The minimum absolute atomic E-state index is 0.0566. The maximum atomic E-state index is 14.4. The zero-order chi connectivity index (χ0) is 58.8. The van der Waals surface area contributed by atoms with Crippen molar-refractivity contribution in [3.8, 4) is 0 Å². The van der Waals surface area contributed by atoms with E-state index in [1.165, 1.54) is 13.8 Å². The molecule has 440 valence electrons. The molecule has 0 aromatic heterocycles. The van der Waals surface area contributed by atoms with E-state index in [-0.39, 0.29) is 76.5 Å². The Hall–Kier alpha value is -6.36. The van der Waals surface area contributed by atoms with Crippen LogP contribution >= 0.6 is 0 Å². The Morgan fingerprint density at radius 1 is 0.590 bits per heavy atom. The number of benzene rings is 1. The lowest BCUT2D eigenvalue weighted by atomic mass is 9.93. The van der Waals surface area contributed by atoms with Crippen molar-refractivity contribution in [3.05, 3.63) is 35.9 Å². The summed E-state index contributed by atoms with van der Waals surface area (Å²) in [6.07, 6.45) is -3.72. The number of aliphatic hydroxyl groups is 2. The molecule has 1 aromatic carbocycles. The van der Waals surface area contributed by atoms with Crippen molar-refractivity contribution in [1.82, 2.24) is 53.2 Å². The van der Waals surface area contributed by atoms with Crippen LogP contribution in [0.1, 0.15) is 99.0 Å². The molecule has 1 aliphatic rings. The summed E-state index contributed by atoms with van der Waals surface area (Å²) in [6.45, 7) is 10.4. The molecule has 10 amide bonds. The molecular formula is C51H89N15O12. The fourth-order valence-electron chi connectivity index (χ4n) is 8.41. The molecule has 78 heavy (non-hydrogen) atoms.